The summed E-state index contributed by atoms with van der Waals surface area (Å²) in [6.45, 7) is 3.94. The Bertz CT molecular complexity index is 333. The van der Waals surface area contributed by atoms with E-state index in [4.69, 9.17) is 5.11 Å². The molecule has 0 radical (unpaired) electrons. The van der Waals surface area contributed by atoms with Crippen LogP contribution in [0.1, 0.15) is 38.2 Å². The molecule has 0 bridgehead atoms. The first-order valence-corrected chi connectivity index (χ1v) is 6.19. The van der Waals surface area contributed by atoms with Crippen LogP contribution in [-0.2, 0) is 4.79 Å². The van der Waals surface area contributed by atoms with Crippen LogP contribution in [-0.4, -0.2) is 23.7 Å². The summed E-state index contributed by atoms with van der Waals surface area (Å²) in [7, 11) is 0. The van der Waals surface area contributed by atoms with Crippen LogP contribution in [0.5, 0.6) is 0 Å². The summed E-state index contributed by atoms with van der Waals surface area (Å²) in [4.78, 5) is 12.1. The second-order valence-corrected chi connectivity index (χ2v) is 4.17. The smallest absolute Gasteiger partial charge is 0.227 e. The van der Waals surface area contributed by atoms with Gasteiger partial charge in [-0.15, -0.1) is 0 Å². The number of rotatable bonds is 6. The van der Waals surface area contributed by atoms with E-state index in [0.717, 1.165) is 18.4 Å². The average molecular weight is 235 g/mol. The molecule has 1 aromatic carbocycles. The van der Waals surface area contributed by atoms with Crippen LogP contribution in [0.2, 0.25) is 0 Å². The maximum Gasteiger partial charge on any atom is 0.227 e. The highest BCUT2D eigenvalue weighted by molar-refractivity contribution is 5.83. The second kappa shape index (κ2) is 7.07. The third kappa shape index (κ3) is 3.86. The monoisotopic (exact) mass is 235 g/mol. The predicted octanol–water partition coefficient (Wildman–Crippen LogP) is 2.07. The van der Waals surface area contributed by atoms with Crippen molar-refractivity contribution in [2.24, 2.45) is 0 Å². The fraction of sp³-hybridized carbons (Fsp3) is 0.500. The van der Waals surface area contributed by atoms with E-state index in [1.807, 2.05) is 44.2 Å². The predicted molar refractivity (Wildman–Crippen MR) is 68.8 cm³/mol. The molecule has 0 aliphatic rings. The van der Waals surface area contributed by atoms with E-state index in [0.29, 0.717) is 0 Å². The zero-order chi connectivity index (χ0) is 12.7. The van der Waals surface area contributed by atoms with E-state index in [9.17, 15) is 4.79 Å². The van der Waals surface area contributed by atoms with Crippen molar-refractivity contribution in [3.63, 3.8) is 0 Å². The van der Waals surface area contributed by atoms with Gasteiger partial charge in [-0.1, -0.05) is 44.2 Å². The lowest BCUT2D eigenvalue weighted by Gasteiger charge is -2.19. The lowest BCUT2D eigenvalue weighted by molar-refractivity contribution is -0.123. The van der Waals surface area contributed by atoms with Crippen LogP contribution >= 0.6 is 0 Å². The summed E-state index contributed by atoms with van der Waals surface area (Å²) in [6.07, 6.45) is 1.51. The summed E-state index contributed by atoms with van der Waals surface area (Å²) in [5.41, 5.74) is 1.03. The maximum atomic E-state index is 12.1. The maximum absolute atomic E-state index is 12.1. The molecule has 2 atom stereocenters. The van der Waals surface area contributed by atoms with Crippen LogP contribution in [0, 0.1) is 0 Å². The molecule has 0 saturated carbocycles. The first-order valence-electron chi connectivity index (χ1n) is 6.19. The van der Waals surface area contributed by atoms with Gasteiger partial charge in [-0.2, -0.15) is 0 Å². The quantitative estimate of drug-likeness (QED) is 0.793. The molecule has 0 aliphatic heterocycles. The Labute approximate surface area is 103 Å². The van der Waals surface area contributed by atoms with E-state index >= 15 is 0 Å². The molecule has 0 fully saturated rings. The van der Waals surface area contributed by atoms with Crippen LogP contribution in [0.3, 0.4) is 0 Å². The minimum atomic E-state index is -0.139. The van der Waals surface area contributed by atoms with Crippen molar-refractivity contribution >= 4 is 5.91 Å². The van der Waals surface area contributed by atoms with Crippen molar-refractivity contribution in [3.8, 4) is 0 Å². The highest BCUT2D eigenvalue weighted by Crippen LogP contribution is 2.19. The molecule has 1 unspecified atom stereocenters. The van der Waals surface area contributed by atoms with Crippen LogP contribution < -0.4 is 5.32 Å². The fourth-order valence-electron chi connectivity index (χ4n) is 1.84. The Morgan fingerprint density at radius 2 is 1.88 bits per heavy atom. The highest BCUT2D eigenvalue weighted by Gasteiger charge is 2.20. The van der Waals surface area contributed by atoms with Gasteiger partial charge in [0.05, 0.1) is 18.6 Å². The Morgan fingerprint density at radius 1 is 1.24 bits per heavy atom. The normalized spacial score (nSPS) is 14.1. The first-order chi connectivity index (χ1) is 8.22. The molecule has 1 rings (SSSR count). The van der Waals surface area contributed by atoms with Crippen LogP contribution in [0.25, 0.3) is 0 Å². The number of aliphatic hydroxyl groups is 1. The Hall–Kier alpha value is -1.35. The third-order valence-electron chi connectivity index (χ3n) is 2.99. The minimum Gasteiger partial charge on any atom is -0.394 e. The van der Waals surface area contributed by atoms with E-state index in [2.05, 4.69) is 5.32 Å². The average Bonchev–Trinajstić information content (AvgIpc) is 2.38. The van der Waals surface area contributed by atoms with Crippen LogP contribution in [0.15, 0.2) is 30.3 Å². The van der Waals surface area contributed by atoms with E-state index in [1.165, 1.54) is 0 Å². The number of carbonyl (C=O) groups excluding carboxylic acids is 1. The van der Waals surface area contributed by atoms with Crippen molar-refractivity contribution in [1.82, 2.24) is 5.32 Å². The molecular weight excluding hydrogens is 214 g/mol. The molecule has 94 valence electrons. The number of benzene rings is 1. The van der Waals surface area contributed by atoms with Gasteiger partial charge in [0.25, 0.3) is 0 Å². The molecule has 1 amide bonds. The fourth-order valence-corrected chi connectivity index (χ4v) is 1.84. The SMILES string of the molecule is CCC(C(=O)N[C@@H](CC)CO)c1ccccc1. The lowest BCUT2D eigenvalue weighted by atomic mass is 9.95. The number of carbonyl (C=O) groups is 1. The minimum absolute atomic E-state index is 0.000370. The molecule has 2 N–H and O–H groups in total. The van der Waals surface area contributed by atoms with Gasteiger partial charge in [0, 0.05) is 0 Å². The molecule has 0 spiro atoms. The van der Waals surface area contributed by atoms with Gasteiger partial charge in [0.15, 0.2) is 0 Å². The van der Waals surface area contributed by atoms with Gasteiger partial charge < -0.3 is 10.4 Å². The number of hydrogen-bond acceptors (Lipinski definition) is 2. The van der Waals surface area contributed by atoms with Gasteiger partial charge in [-0.25, -0.2) is 0 Å². The second-order valence-electron chi connectivity index (χ2n) is 4.17. The topological polar surface area (TPSA) is 49.3 Å². The van der Waals surface area contributed by atoms with Crippen molar-refractivity contribution in [1.29, 1.82) is 0 Å². The summed E-state index contributed by atoms with van der Waals surface area (Å²) >= 11 is 0. The molecule has 3 heteroatoms. The van der Waals surface area contributed by atoms with Crippen molar-refractivity contribution < 1.29 is 9.90 Å². The summed E-state index contributed by atoms with van der Waals surface area (Å²) in [5.74, 6) is -0.128. The molecule has 0 aliphatic carbocycles. The Morgan fingerprint density at radius 3 is 2.35 bits per heavy atom. The van der Waals surface area contributed by atoms with Gasteiger partial charge >= 0.3 is 0 Å². The summed E-state index contributed by atoms with van der Waals surface area (Å²) < 4.78 is 0. The van der Waals surface area contributed by atoms with E-state index in [-0.39, 0.29) is 24.5 Å². The van der Waals surface area contributed by atoms with Crippen molar-refractivity contribution in [2.45, 2.75) is 38.6 Å². The van der Waals surface area contributed by atoms with Gasteiger partial charge in [-0.3, -0.25) is 4.79 Å². The first kappa shape index (κ1) is 13.7. The molecule has 17 heavy (non-hydrogen) atoms. The molecule has 1 aromatic rings. The van der Waals surface area contributed by atoms with Crippen molar-refractivity contribution in [3.05, 3.63) is 35.9 Å². The Kier molecular flexibility index (Phi) is 5.70. The largest absolute Gasteiger partial charge is 0.394 e. The van der Waals surface area contributed by atoms with Gasteiger partial charge in [-0.05, 0) is 18.4 Å². The number of hydrogen-bond donors (Lipinski definition) is 2. The highest BCUT2D eigenvalue weighted by atomic mass is 16.3. The molecule has 3 nitrogen and oxygen atoms in total. The molecule has 0 saturated heterocycles. The van der Waals surface area contributed by atoms with E-state index in [1.54, 1.807) is 0 Å². The third-order valence-corrected chi connectivity index (χ3v) is 2.99. The Balaban J connectivity index is 2.71. The number of amides is 1. The zero-order valence-electron chi connectivity index (χ0n) is 10.5. The van der Waals surface area contributed by atoms with Crippen LogP contribution in [0.4, 0.5) is 0 Å². The lowest BCUT2D eigenvalue weighted by Crippen LogP contribution is -2.39. The molecule has 0 heterocycles. The van der Waals surface area contributed by atoms with Crippen molar-refractivity contribution in [2.75, 3.05) is 6.61 Å². The summed E-state index contributed by atoms with van der Waals surface area (Å²) in [5, 5.41) is 12.0. The summed E-state index contributed by atoms with van der Waals surface area (Å²) in [6, 6.07) is 9.61. The zero-order valence-corrected chi connectivity index (χ0v) is 10.5. The van der Waals surface area contributed by atoms with Gasteiger partial charge in [0.2, 0.25) is 5.91 Å². The standard InChI is InChI=1S/C14H21NO2/c1-3-12(10-16)15-14(17)13(4-2)11-8-6-5-7-9-11/h5-9,12-13,16H,3-4,10H2,1-2H3,(H,15,17)/t12-,13?/m0/s1. The van der Waals surface area contributed by atoms with E-state index < -0.39 is 0 Å². The molecular formula is C14H21NO2. The number of aliphatic hydroxyl groups excluding tert-OH is 1. The molecule has 0 aromatic heterocycles. The van der Waals surface area contributed by atoms with Gasteiger partial charge in [0.1, 0.15) is 0 Å². The number of nitrogens with one attached hydrogen (secondary N) is 1.